The van der Waals surface area contributed by atoms with E-state index in [1.54, 1.807) is 12.1 Å². The van der Waals surface area contributed by atoms with Gasteiger partial charge in [0, 0.05) is 49.5 Å². The lowest BCUT2D eigenvalue weighted by Gasteiger charge is -2.41. The van der Waals surface area contributed by atoms with E-state index in [4.69, 9.17) is 0 Å². The molecule has 5 nitrogen and oxygen atoms in total. The van der Waals surface area contributed by atoms with Gasteiger partial charge >= 0.3 is 0 Å². The Labute approximate surface area is 177 Å². The smallest absolute Gasteiger partial charge is 0.226 e. The molecule has 1 saturated heterocycles. The molecule has 1 aromatic heterocycles. The maximum absolute atomic E-state index is 13.1. The zero-order valence-corrected chi connectivity index (χ0v) is 18.4. The summed E-state index contributed by atoms with van der Waals surface area (Å²) in [5.41, 5.74) is 0.997. The molecule has 0 saturated carbocycles. The Morgan fingerprint density at radius 2 is 2.03 bits per heavy atom. The molecule has 0 radical (unpaired) electrons. The molecule has 0 spiro atoms. The van der Waals surface area contributed by atoms with Crippen molar-refractivity contribution >= 4 is 22.6 Å². The molecule has 1 amide bonds. The van der Waals surface area contributed by atoms with Crippen LogP contribution >= 0.6 is 11.5 Å². The lowest BCUT2D eigenvalue weighted by molar-refractivity contribution is -0.138. The van der Waals surface area contributed by atoms with Gasteiger partial charge in [0.15, 0.2) is 0 Å². The molecule has 0 N–H and O–H groups in total. The number of aromatic nitrogens is 2. The predicted molar refractivity (Wildman–Crippen MR) is 116 cm³/mol. The molecule has 2 heterocycles. The molecular formula is C22H31FN4OS. The highest BCUT2D eigenvalue weighted by molar-refractivity contribution is 7.09. The summed E-state index contributed by atoms with van der Waals surface area (Å²) in [6, 6.07) is 6.63. The molecule has 2 aromatic rings. The normalized spacial score (nSPS) is 18.1. The molecule has 1 fully saturated rings. The molecule has 0 aliphatic carbocycles. The minimum atomic E-state index is -0.234. The highest BCUT2D eigenvalue weighted by Gasteiger charge is 2.31. The van der Waals surface area contributed by atoms with Crippen LogP contribution in [0.5, 0.6) is 0 Å². The lowest BCUT2D eigenvalue weighted by atomic mass is 9.96. The highest BCUT2D eigenvalue weighted by Crippen LogP contribution is 2.25. The quantitative estimate of drug-likeness (QED) is 0.632. The number of carbonyl (C=O) groups excluding carboxylic acids is 1. The molecule has 0 bridgehead atoms. The minimum Gasteiger partial charge on any atom is -0.343 e. The summed E-state index contributed by atoms with van der Waals surface area (Å²) in [6.07, 6.45) is 4.74. The second kappa shape index (κ2) is 10.1. The second-order valence-corrected chi connectivity index (χ2v) is 8.60. The van der Waals surface area contributed by atoms with Gasteiger partial charge in [-0.3, -0.25) is 4.79 Å². The van der Waals surface area contributed by atoms with Gasteiger partial charge in [0.2, 0.25) is 11.0 Å². The van der Waals surface area contributed by atoms with E-state index in [9.17, 15) is 9.18 Å². The van der Waals surface area contributed by atoms with E-state index in [1.165, 1.54) is 23.7 Å². The summed E-state index contributed by atoms with van der Waals surface area (Å²) in [5, 5.41) is 0.902. The van der Waals surface area contributed by atoms with E-state index in [-0.39, 0.29) is 17.8 Å². The van der Waals surface area contributed by atoms with Gasteiger partial charge in [0.1, 0.15) is 11.6 Å². The number of amides is 1. The zero-order chi connectivity index (χ0) is 20.8. The van der Waals surface area contributed by atoms with Crippen molar-refractivity contribution in [2.75, 3.05) is 24.5 Å². The van der Waals surface area contributed by atoms with Crippen LogP contribution < -0.4 is 4.90 Å². The Kier molecular flexibility index (Phi) is 7.58. The molecule has 1 aliphatic rings. The second-order valence-electron chi connectivity index (χ2n) is 7.87. The van der Waals surface area contributed by atoms with Gasteiger partial charge in [-0.2, -0.15) is 4.37 Å². The largest absolute Gasteiger partial charge is 0.343 e. The van der Waals surface area contributed by atoms with E-state index in [1.807, 2.05) is 0 Å². The first-order chi connectivity index (χ1) is 14.0. The molecule has 0 unspecified atom stereocenters. The number of benzene rings is 1. The number of rotatable bonds is 8. The maximum atomic E-state index is 13.1. The van der Waals surface area contributed by atoms with E-state index < -0.39 is 0 Å². The molecule has 158 valence electrons. The third-order valence-corrected chi connectivity index (χ3v) is 6.48. The number of anilines is 1. The van der Waals surface area contributed by atoms with Crippen LogP contribution in [0.4, 0.5) is 9.52 Å². The lowest BCUT2D eigenvalue weighted by Crippen LogP contribution is -2.55. The van der Waals surface area contributed by atoms with Crippen molar-refractivity contribution in [3.63, 3.8) is 0 Å². The topological polar surface area (TPSA) is 49.3 Å². The molecule has 1 aliphatic heterocycles. The van der Waals surface area contributed by atoms with Crippen LogP contribution in [-0.4, -0.2) is 45.8 Å². The van der Waals surface area contributed by atoms with E-state index in [0.717, 1.165) is 61.8 Å². The molecular weight excluding hydrogens is 387 g/mol. The molecule has 3 rings (SSSR count). The van der Waals surface area contributed by atoms with Crippen LogP contribution in [0.3, 0.4) is 0 Å². The fourth-order valence-electron chi connectivity index (χ4n) is 3.88. The zero-order valence-electron chi connectivity index (χ0n) is 17.6. The first kappa shape index (κ1) is 21.7. The number of hydrogen-bond acceptors (Lipinski definition) is 5. The van der Waals surface area contributed by atoms with Gasteiger partial charge in [-0.15, -0.1) is 0 Å². The van der Waals surface area contributed by atoms with Crippen molar-refractivity contribution in [3.05, 3.63) is 41.5 Å². The Bertz CT molecular complexity index is 794. The van der Waals surface area contributed by atoms with Crippen molar-refractivity contribution in [1.29, 1.82) is 0 Å². The average Bonchev–Trinajstić information content (AvgIpc) is 3.18. The Balaban J connectivity index is 1.58. The number of carbonyl (C=O) groups is 1. The van der Waals surface area contributed by atoms with Crippen molar-refractivity contribution < 1.29 is 9.18 Å². The summed E-state index contributed by atoms with van der Waals surface area (Å²) in [6.45, 7) is 8.70. The van der Waals surface area contributed by atoms with E-state index >= 15 is 0 Å². The fraction of sp³-hybridized carbons (Fsp3) is 0.591. The van der Waals surface area contributed by atoms with Crippen LogP contribution in [0.1, 0.15) is 57.8 Å². The van der Waals surface area contributed by atoms with Gasteiger partial charge in [-0.1, -0.05) is 38.8 Å². The maximum Gasteiger partial charge on any atom is 0.226 e. The minimum absolute atomic E-state index is 0.146. The third-order valence-electron chi connectivity index (χ3n) is 5.66. The van der Waals surface area contributed by atoms with Crippen molar-refractivity contribution in [2.24, 2.45) is 5.92 Å². The van der Waals surface area contributed by atoms with E-state index in [2.05, 4.69) is 39.9 Å². The first-order valence-electron chi connectivity index (χ1n) is 10.6. The predicted octanol–water partition coefficient (Wildman–Crippen LogP) is 4.52. The summed E-state index contributed by atoms with van der Waals surface area (Å²) in [4.78, 5) is 21.9. The molecule has 1 aromatic carbocycles. The monoisotopic (exact) mass is 418 g/mol. The SMILES string of the molecule is CCCC[C@@H](CC)C(=O)N1CCN(c2nc(Cc3ccc(F)cc3)ns2)C[C@@H]1C. The van der Waals surface area contributed by atoms with Crippen LogP contribution in [0.15, 0.2) is 24.3 Å². The van der Waals surface area contributed by atoms with Crippen LogP contribution in [0.25, 0.3) is 0 Å². The fourth-order valence-corrected chi connectivity index (χ4v) is 4.60. The third kappa shape index (κ3) is 5.53. The number of unbranched alkanes of at least 4 members (excludes halogenated alkanes) is 1. The summed E-state index contributed by atoms with van der Waals surface area (Å²) in [7, 11) is 0. The van der Waals surface area contributed by atoms with Gasteiger partial charge in [-0.25, -0.2) is 9.37 Å². The van der Waals surface area contributed by atoms with Crippen molar-refractivity contribution in [1.82, 2.24) is 14.3 Å². The number of piperazine rings is 1. The Hall–Kier alpha value is -2.02. The highest BCUT2D eigenvalue weighted by atomic mass is 32.1. The Morgan fingerprint density at radius 3 is 2.69 bits per heavy atom. The van der Waals surface area contributed by atoms with Crippen molar-refractivity contribution in [3.8, 4) is 0 Å². The Morgan fingerprint density at radius 1 is 1.28 bits per heavy atom. The average molecular weight is 419 g/mol. The summed E-state index contributed by atoms with van der Waals surface area (Å²) >= 11 is 1.40. The summed E-state index contributed by atoms with van der Waals surface area (Å²) < 4.78 is 17.5. The van der Waals surface area contributed by atoms with Gasteiger partial charge in [0.05, 0.1) is 0 Å². The standard InChI is InChI=1S/C22H31FN4OS/c1-4-6-7-18(5-2)21(28)27-13-12-26(15-16(27)3)22-24-20(25-29-22)14-17-8-10-19(23)11-9-17/h8-11,16,18H,4-7,12-15H2,1-3H3/t16-,18+/m0/s1. The van der Waals surface area contributed by atoms with Gasteiger partial charge in [-0.05, 0) is 37.5 Å². The molecule has 7 heteroatoms. The molecule has 2 atom stereocenters. The number of nitrogens with zero attached hydrogens (tertiary/aromatic N) is 4. The van der Waals surface area contributed by atoms with Crippen LogP contribution in [-0.2, 0) is 11.2 Å². The molecule has 29 heavy (non-hydrogen) atoms. The first-order valence-corrected chi connectivity index (χ1v) is 11.4. The number of hydrogen-bond donors (Lipinski definition) is 0. The number of halogens is 1. The van der Waals surface area contributed by atoms with Crippen LogP contribution in [0, 0.1) is 11.7 Å². The van der Waals surface area contributed by atoms with Gasteiger partial charge < -0.3 is 9.80 Å². The van der Waals surface area contributed by atoms with Crippen LogP contribution in [0.2, 0.25) is 0 Å². The van der Waals surface area contributed by atoms with E-state index in [0.29, 0.717) is 12.3 Å². The van der Waals surface area contributed by atoms with Gasteiger partial charge in [0.25, 0.3) is 0 Å². The summed E-state index contributed by atoms with van der Waals surface area (Å²) in [5.74, 6) is 0.977. The van der Waals surface area contributed by atoms with Crippen molar-refractivity contribution in [2.45, 2.75) is 58.9 Å².